The Labute approximate surface area is 115 Å². The van der Waals surface area contributed by atoms with E-state index in [0.29, 0.717) is 37.0 Å². The Morgan fingerprint density at radius 2 is 2.00 bits per heavy atom. The normalized spacial score (nSPS) is 18.1. The molecule has 0 aliphatic carbocycles. The van der Waals surface area contributed by atoms with Crippen LogP contribution >= 0.6 is 0 Å². The predicted molar refractivity (Wildman–Crippen MR) is 72.7 cm³/mol. The predicted octanol–water partition coefficient (Wildman–Crippen LogP) is 1.93. The van der Waals surface area contributed by atoms with Gasteiger partial charge >= 0.3 is 5.97 Å². The zero-order valence-electron chi connectivity index (χ0n) is 10.9. The van der Waals surface area contributed by atoms with Crippen LogP contribution in [0.3, 0.4) is 0 Å². The minimum atomic E-state index is -0.992. The number of hydrogen-bond donors (Lipinski definition) is 2. The van der Waals surface area contributed by atoms with Crippen molar-refractivity contribution in [2.75, 3.05) is 13.2 Å². The van der Waals surface area contributed by atoms with Gasteiger partial charge in [-0.15, -0.1) is 0 Å². The van der Waals surface area contributed by atoms with Gasteiger partial charge in [0.05, 0.1) is 16.7 Å². The molecule has 5 nitrogen and oxygen atoms in total. The summed E-state index contributed by atoms with van der Waals surface area (Å²) in [4.78, 5) is 15.4. The van der Waals surface area contributed by atoms with Gasteiger partial charge in [0, 0.05) is 37.6 Å². The third-order valence-corrected chi connectivity index (χ3v) is 3.83. The fourth-order valence-corrected chi connectivity index (χ4v) is 2.62. The summed E-state index contributed by atoms with van der Waals surface area (Å²) in [6, 6.07) is 6.77. The molecule has 3 rings (SSSR count). The molecule has 1 aliphatic rings. The second-order valence-electron chi connectivity index (χ2n) is 5.04. The first-order valence-electron chi connectivity index (χ1n) is 6.53. The first-order chi connectivity index (χ1) is 9.60. The largest absolute Gasteiger partial charge is 0.478 e. The molecule has 2 aromatic rings. The molecule has 2 heterocycles. The van der Waals surface area contributed by atoms with Crippen LogP contribution in [0, 0.1) is 0 Å². The number of carboxylic acids is 1. The SMILES string of the molecule is O=C(O)c1ccnc2ccc(C3(O)CCOCC3)cc12. The van der Waals surface area contributed by atoms with Crippen molar-refractivity contribution in [1.82, 2.24) is 4.98 Å². The monoisotopic (exact) mass is 273 g/mol. The Morgan fingerprint density at radius 1 is 1.25 bits per heavy atom. The highest BCUT2D eigenvalue weighted by Gasteiger charge is 2.32. The lowest BCUT2D eigenvalue weighted by atomic mass is 9.85. The molecule has 5 heteroatoms. The summed E-state index contributed by atoms with van der Waals surface area (Å²) in [5.74, 6) is -0.992. The average molecular weight is 273 g/mol. The van der Waals surface area contributed by atoms with Crippen LogP contribution in [-0.2, 0) is 10.3 Å². The highest BCUT2D eigenvalue weighted by Crippen LogP contribution is 2.33. The topological polar surface area (TPSA) is 79.7 Å². The van der Waals surface area contributed by atoms with Crippen LogP contribution in [0.1, 0.15) is 28.8 Å². The van der Waals surface area contributed by atoms with Crippen molar-refractivity contribution in [3.8, 4) is 0 Å². The van der Waals surface area contributed by atoms with E-state index in [0.717, 1.165) is 5.56 Å². The van der Waals surface area contributed by atoms with Crippen LogP contribution in [0.15, 0.2) is 30.5 Å². The number of rotatable bonds is 2. The van der Waals surface area contributed by atoms with Crippen LogP contribution in [0.5, 0.6) is 0 Å². The molecule has 1 fully saturated rings. The second-order valence-corrected chi connectivity index (χ2v) is 5.04. The molecule has 0 unspecified atom stereocenters. The van der Waals surface area contributed by atoms with Gasteiger partial charge in [0.25, 0.3) is 0 Å². The summed E-state index contributed by atoms with van der Waals surface area (Å²) >= 11 is 0. The number of ether oxygens (including phenoxy) is 1. The molecule has 20 heavy (non-hydrogen) atoms. The minimum absolute atomic E-state index is 0.201. The van der Waals surface area contributed by atoms with Crippen molar-refractivity contribution < 1.29 is 19.7 Å². The molecule has 0 saturated carbocycles. The van der Waals surface area contributed by atoms with Gasteiger partial charge in [-0.3, -0.25) is 4.98 Å². The molecule has 1 aromatic carbocycles. The summed E-state index contributed by atoms with van der Waals surface area (Å²) in [5.41, 5.74) is 0.596. The molecule has 0 atom stereocenters. The quantitative estimate of drug-likeness (QED) is 0.874. The number of carboxylic acid groups (broad SMARTS) is 1. The van der Waals surface area contributed by atoms with Crippen molar-refractivity contribution >= 4 is 16.9 Å². The smallest absolute Gasteiger partial charge is 0.336 e. The maximum Gasteiger partial charge on any atom is 0.336 e. The van der Waals surface area contributed by atoms with E-state index in [1.807, 2.05) is 6.07 Å². The molecule has 1 saturated heterocycles. The Bertz CT molecular complexity index is 662. The van der Waals surface area contributed by atoms with Crippen molar-refractivity contribution in [2.45, 2.75) is 18.4 Å². The molecular formula is C15H15NO4. The van der Waals surface area contributed by atoms with Crippen molar-refractivity contribution in [1.29, 1.82) is 0 Å². The van der Waals surface area contributed by atoms with Gasteiger partial charge < -0.3 is 14.9 Å². The zero-order valence-corrected chi connectivity index (χ0v) is 10.9. The Balaban J connectivity index is 2.14. The van der Waals surface area contributed by atoms with E-state index < -0.39 is 11.6 Å². The van der Waals surface area contributed by atoms with E-state index in [1.54, 1.807) is 12.1 Å². The zero-order chi connectivity index (χ0) is 14.2. The molecule has 104 valence electrons. The van der Waals surface area contributed by atoms with E-state index in [1.165, 1.54) is 12.3 Å². The van der Waals surface area contributed by atoms with E-state index in [4.69, 9.17) is 4.74 Å². The third-order valence-electron chi connectivity index (χ3n) is 3.83. The van der Waals surface area contributed by atoms with Crippen LogP contribution in [0.25, 0.3) is 10.9 Å². The van der Waals surface area contributed by atoms with Gasteiger partial charge in [0.15, 0.2) is 0 Å². The van der Waals surface area contributed by atoms with Gasteiger partial charge in [0.2, 0.25) is 0 Å². The van der Waals surface area contributed by atoms with Gasteiger partial charge in [-0.2, -0.15) is 0 Å². The Kier molecular flexibility index (Phi) is 3.16. The van der Waals surface area contributed by atoms with Crippen molar-refractivity contribution in [3.05, 3.63) is 41.6 Å². The summed E-state index contributed by atoms with van der Waals surface area (Å²) in [6.45, 7) is 1.01. The van der Waals surface area contributed by atoms with Gasteiger partial charge in [-0.25, -0.2) is 4.79 Å². The van der Waals surface area contributed by atoms with E-state index >= 15 is 0 Å². The van der Waals surface area contributed by atoms with Gasteiger partial charge in [-0.1, -0.05) is 6.07 Å². The maximum absolute atomic E-state index is 11.3. The summed E-state index contributed by atoms with van der Waals surface area (Å²) in [5, 5.41) is 20.5. The minimum Gasteiger partial charge on any atom is -0.478 e. The van der Waals surface area contributed by atoms with E-state index in [-0.39, 0.29) is 5.56 Å². The highest BCUT2D eigenvalue weighted by molar-refractivity contribution is 6.02. The lowest BCUT2D eigenvalue weighted by Crippen LogP contribution is -2.33. The number of aromatic carboxylic acids is 1. The van der Waals surface area contributed by atoms with Crippen LogP contribution in [0.2, 0.25) is 0 Å². The highest BCUT2D eigenvalue weighted by atomic mass is 16.5. The number of pyridine rings is 1. The lowest BCUT2D eigenvalue weighted by Gasteiger charge is -2.32. The molecule has 2 N–H and O–H groups in total. The fraction of sp³-hybridized carbons (Fsp3) is 0.333. The van der Waals surface area contributed by atoms with Crippen LogP contribution in [-0.4, -0.2) is 34.4 Å². The molecule has 1 aliphatic heterocycles. The van der Waals surface area contributed by atoms with Crippen LogP contribution < -0.4 is 0 Å². The van der Waals surface area contributed by atoms with E-state index in [9.17, 15) is 15.0 Å². The standard InChI is InChI=1S/C15H15NO4/c17-14(18)11-3-6-16-13-2-1-10(9-12(11)13)15(19)4-7-20-8-5-15/h1-3,6,9,19H,4-5,7-8H2,(H,17,18). The van der Waals surface area contributed by atoms with Gasteiger partial charge in [0.1, 0.15) is 0 Å². The summed E-state index contributed by atoms with van der Waals surface area (Å²) < 4.78 is 5.27. The lowest BCUT2D eigenvalue weighted by molar-refractivity contribution is -0.0678. The molecular weight excluding hydrogens is 258 g/mol. The van der Waals surface area contributed by atoms with Crippen LogP contribution in [0.4, 0.5) is 0 Å². The van der Waals surface area contributed by atoms with Crippen molar-refractivity contribution in [3.63, 3.8) is 0 Å². The molecule has 0 radical (unpaired) electrons. The second kappa shape index (κ2) is 4.85. The molecule has 0 bridgehead atoms. The average Bonchev–Trinajstić information content (AvgIpc) is 2.46. The maximum atomic E-state index is 11.3. The summed E-state index contributed by atoms with van der Waals surface area (Å²) in [6.07, 6.45) is 2.51. The Hall–Kier alpha value is -1.98. The van der Waals surface area contributed by atoms with Crippen molar-refractivity contribution in [2.24, 2.45) is 0 Å². The first-order valence-corrected chi connectivity index (χ1v) is 6.53. The molecule has 0 amide bonds. The number of aromatic nitrogens is 1. The van der Waals surface area contributed by atoms with Gasteiger partial charge in [-0.05, 0) is 23.8 Å². The summed E-state index contributed by atoms with van der Waals surface area (Å²) in [7, 11) is 0. The number of aliphatic hydroxyl groups is 1. The Morgan fingerprint density at radius 3 is 2.70 bits per heavy atom. The third kappa shape index (κ3) is 2.15. The molecule has 0 spiro atoms. The molecule has 1 aromatic heterocycles. The number of hydrogen-bond acceptors (Lipinski definition) is 4. The number of benzene rings is 1. The number of fused-ring (bicyclic) bond motifs is 1. The van der Waals surface area contributed by atoms with E-state index in [2.05, 4.69) is 4.98 Å². The number of carbonyl (C=O) groups is 1. The fourth-order valence-electron chi connectivity index (χ4n) is 2.62. The number of nitrogens with zero attached hydrogens (tertiary/aromatic N) is 1. The first kappa shape index (κ1) is 13.0.